The van der Waals surface area contributed by atoms with E-state index >= 15 is 0 Å². The summed E-state index contributed by atoms with van der Waals surface area (Å²) in [5.74, 6) is 0.337. The molecule has 0 bridgehead atoms. The maximum atomic E-state index is 12.9. The van der Waals surface area contributed by atoms with Gasteiger partial charge in [0.25, 0.3) is 0 Å². The van der Waals surface area contributed by atoms with Crippen molar-refractivity contribution in [3.8, 4) is 5.75 Å². The molecule has 1 aliphatic heterocycles. The fourth-order valence-corrected chi connectivity index (χ4v) is 4.52. The standard InChI is InChI=1S/C18H13NO4S.Na/c1-23-13-8-6-11(7-9-13)17-16(20)14-10-12-4-2-3-5-15(12)19-18(14)24(17,21)22;/h2-10,20H,1H3;. The van der Waals surface area contributed by atoms with Crippen LogP contribution in [0.15, 0.2) is 59.6 Å². The van der Waals surface area contributed by atoms with Crippen LogP contribution in [-0.2, 0) is 9.84 Å². The molecule has 0 spiro atoms. The number of nitrogens with zero attached hydrogens (tertiary/aromatic N) is 1. The third-order valence-electron chi connectivity index (χ3n) is 4.03. The van der Waals surface area contributed by atoms with E-state index in [-0.39, 0.29) is 50.8 Å². The zero-order valence-electron chi connectivity index (χ0n) is 13.7. The molecule has 0 unspecified atom stereocenters. The Morgan fingerprint density at radius 2 is 1.72 bits per heavy atom. The van der Waals surface area contributed by atoms with Crippen LogP contribution in [0.1, 0.15) is 11.1 Å². The molecule has 0 aliphatic carbocycles. The number of rotatable bonds is 2. The molecule has 25 heavy (non-hydrogen) atoms. The molecule has 1 radical (unpaired) electrons. The first kappa shape index (κ1) is 17.9. The number of fused-ring (bicyclic) bond motifs is 2. The first-order valence-electron chi connectivity index (χ1n) is 7.25. The van der Waals surface area contributed by atoms with E-state index in [9.17, 15) is 13.5 Å². The molecule has 0 fully saturated rings. The summed E-state index contributed by atoms with van der Waals surface area (Å²) < 4.78 is 30.8. The van der Waals surface area contributed by atoms with E-state index in [0.717, 1.165) is 5.39 Å². The fourth-order valence-electron chi connectivity index (χ4n) is 2.85. The summed E-state index contributed by atoms with van der Waals surface area (Å²) in [7, 11) is -2.35. The molecule has 4 rings (SSSR count). The molecule has 0 saturated carbocycles. The molecule has 3 aromatic rings. The molecule has 5 nitrogen and oxygen atoms in total. The Labute approximate surface area is 167 Å². The van der Waals surface area contributed by atoms with Crippen molar-refractivity contribution in [2.75, 3.05) is 7.11 Å². The molecule has 0 atom stereocenters. The first-order chi connectivity index (χ1) is 11.5. The summed E-state index contributed by atoms with van der Waals surface area (Å²) in [4.78, 5) is 4.13. The van der Waals surface area contributed by atoms with Gasteiger partial charge in [0.15, 0.2) is 5.03 Å². The number of ether oxygens (including phenoxy) is 1. The van der Waals surface area contributed by atoms with Gasteiger partial charge in [0.1, 0.15) is 16.4 Å². The van der Waals surface area contributed by atoms with E-state index < -0.39 is 9.84 Å². The number of aromatic nitrogens is 1. The van der Waals surface area contributed by atoms with Gasteiger partial charge in [-0.15, -0.1) is 0 Å². The van der Waals surface area contributed by atoms with Gasteiger partial charge in [-0.25, -0.2) is 13.4 Å². The maximum absolute atomic E-state index is 12.9. The van der Waals surface area contributed by atoms with Gasteiger partial charge >= 0.3 is 0 Å². The van der Waals surface area contributed by atoms with E-state index in [1.807, 2.05) is 12.1 Å². The summed E-state index contributed by atoms with van der Waals surface area (Å²) in [6.45, 7) is 0. The molecule has 2 aromatic carbocycles. The molecule has 121 valence electrons. The van der Waals surface area contributed by atoms with Gasteiger partial charge in [-0.2, -0.15) is 0 Å². The van der Waals surface area contributed by atoms with Gasteiger partial charge < -0.3 is 9.84 Å². The summed E-state index contributed by atoms with van der Waals surface area (Å²) in [6.07, 6.45) is 0. The number of aliphatic hydroxyl groups excluding tert-OH is 1. The van der Waals surface area contributed by atoms with Crippen molar-refractivity contribution >= 4 is 61.0 Å². The van der Waals surface area contributed by atoms with Crippen molar-refractivity contribution in [1.82, 2.24) is 4.98 Å². The van der Waals surface area contributed by atoms with Crippen molar-refractivity contribution in [1.29, 1.82) is 0 Å². The molecular weight excluding hydrogens is 349 g/mol. The SMILES string of the molecule is COc1ccc(C2=C(O)c3cc4ccccc4nc3S2(=O)=O)cc1.[Na]. The summed E-state index contributed by atoms with van der Waals surface area (Å²) >= 11 is 0. The van der Waals surface area contributed by atoms with Crippen molar-refractivity contribution in [2.24, 2.45) is 0 Å². The minimum Gasteiger partial charge on any atom is -0.506 e. The van der Waals surface area contributed by atoms with Crippen LogP contribution in [0.3, 0.4) is 0 Å². The van der Waals surface area contributed by atoms with Crippen molar-refractivity contribution in [2.45, 2.75) is 5.03 Å². The minimum absolute atomic E-state index is 0. The number of pyridine rings is 1. The Kier molecular flexibility index (Phi) is 4.64. The Morgan fingerprint density at radius 1 is 1.04 bits per heavy atom. The number of aliphatic hydroxyl groups is 1. The van der Waals surface area contributed by atoms with E-state index in [4.69, 9.17) is 4.74 Å². The second-order valence-corrected chi connectivity index (χ2v) is 7.25. The first-order valence-corrected chi connectivity index (χ1v) is 8.73. The minimum atomic E-state index is -3.88. The number of para-hydroxylation sites is 1. The molecule has 7 heteroatoms. The van der Waals surface area contributed by atoms with Crippen LogP contribution in [0.5, 0.6) is 5.75 Å². The maximum Gasteiger partial charge on any atom is 0.228 e. The van der Waals surface area contributed by atoms with Gasteiger partial charge in [0, 0.05) is 34.9 Å². The van der Waals surface area contributed by atoms with Crippen molar-refractivity contribution < 1.29 is 18.3 Å². The monoisotopic (exact) mass is 362 g/mol. The third kappa shape index (κ3) is 2.75. The summed E-state index contributed by atoms with van der Waals surface area (Å²) in [5, 5.41) is 11.2. The van der Waals surface area contributed by atoms with Crippen molar-refractivity contribution in [3.05, 3.63) is 65.7 Å². The molecule has 1 aromatic heterocycles. The van der Waals surface area contributed by atoms with Crippen LogP contribution in [0.2, 0.25) is 0 Å². The zero-order chi connectivity index (χ0) is 16.9. The third-order valence-corrected chi connectivity index (χ3v) is 5.82. The largest absolute Gasteiger partial charge is 0.506 e. The topological polar surface area (TPSA) is 76.5 Å². The second kappa shape index (κ2) is 6.46. The van der Waals surface area contributed by atoms with Gasteiger partial charge in [0.2, 0.25) is 9.84 Å². The Hall–Kier alpha value is -1.86. The predicted molar refractivity (Wildman–Crippen MR) is 97.1 cm³/mol. The smallest absolute Gasteiger partial charge is 0.228 e. The zero-order valence-corrected chi connectivity index (χ0v) is 16.5. The predicted octanol–water partition coefficient (Wildman–Crippen LogP) is 3.03. The normalized spacial score (nSPS) is 14.9. The van der Waals surface area contributed by atoms with E-state index in [1.165, 1.54) is 7.11 Å². The van der Waals surface area contributed by atoms with E-state index in [1.54, 1.807) is 42.5 Å². The summed E-state index contributed by atoms with van der Waals surface area (Å²) in [6, 6.07) is 15.4. The number of benzene rings is 2. The quantitative estimate of drug-likeness (QED) is 0.709. The van der Waals surface area contributed by atoms with Crippen LogP contribution in [-0.4, -0.2) is 55.2 Å². The Morgan fingerprint density at radius 3 is 2.40 bits per heavy atom. The molecular formula is C18H13NNaO4S. The van der Waals surface area contributed by atoms with Gasteiger partial charge in [-0.05, 0) is 42.0 Å². The second-order valence-electron chi connectivity index (χ2n) is 5.44. The summed E-state index contributed by atoms with van der Waals surface area (Å²) in [5.41, 5.74) is 1.21. The average Bonchev–Trinajstić information content (AvgIpc) is 2.79. The van der Waals surface area contributed by atoms with Crippen LogP contribution >= 0.6 is 0 Å². The Balaban J connectivity index is 0.00000182. The number of hydrogen-bond acceptors (Lipinski definition) is 5. The average molecular weight is 362 g/mol. The van der Waals surface area contributed by atoms with E-state index in [2.05, 4.69) is 4.98 Å². The molecule has 2 heterocycles. The van der Waals surface area contributed by atoms with Crippen LogP contribution in [0.4, 0.5) is 0 Å². The van der Waals surface area contributed by atoms with Gasteiger partial charge in [-0.1, -0.05) is 18.2 Å². The number of hydrogen-bond donors (Lipinski definition) is 1. The number of sulfone groups is 1. The molecule has 1 N–H and O–H groups in total. The number of methoxy groups -OCH3 is 1. The van der Waals surface area contributed by atoms with Crippen molar-refractivity contribution in [3.63, 3.8) is 0 Å². The van der Waals surface area contributed by atoms with Crippen LogP contribution in [0, 0.1) is 0 Å². The molecule has 1 aliphatic rings. The van der Waals surface area contributed by atoms with Gasteiger partial charge in [-0.3, -0.25) is 0 Å². The Bertz CT molecular complexity index is 1110. The van der Waals surface area contributed by atoms with Crippen LogP contribution < -0.4 is 4.74 Å². The fraction of sp³-hybridized carbons (Fsp3) is 0.0556. The molecule has 0 saturated heterocycles. The van der Waals surface area contributed by atoms with Gasteiger partial charge in [0.05, 0.1) is 18.2 Å². The van der Waals surface area contributed by atoms with Crippen LogP contribution in [0.25, 0.3) is 21.6 Å². The molecule has 0 amide bonds. The van der Waals surface area contributed by atoms with E-state index in [0.29, 0.717) is 16.8 Å².